The number of carbonyl (C=O) groups excluding carboxylic acids is 2. The monoisotopic (exact) mass is 666 g/mol. The van der Waals surface area contributed by atoms with Crippen LogP contribution in [0.1, 0.15) is 30.7 Å². The number of halogens is 1. The molecule has 3 aromatic carbocycles. The van der Waals surface area contributed by atoms with E-state index in [4.69, 9.17) is 14.2 Å². The average Bonchev–Trinajstić information content (AvgIpc) is 3.40. The zero-order valence-electron chi connectivity index (χ0n) is 25.0. The topological polar surface area (TPSA) is 127 Å². The molecule has 1 unspecified atom stereocenters. The smallest absolute Gasteiger partial charge is 0.257 e. The Labute approximate surface area is 269 Å². The van der Waals surface area contributed by atoms with Gasteiger partial charge in [-0.25, -0.2) is 17.8 Å². The summed E-state index contributed by atoms with van der Waals surface area (Å²) in [5.41, 5.74) is 1.21. The van der Waals surface area contributed by atoms with Crippen molar-refractivity contribution < 1.29 is 36.6 Å². The Hall–Kier alpha value is -4.40. The maximum atomic E-state index is 13.4. The van der Waals surface area contributed by atoms with Crippen LogP contribution in [0.4, 0.5) is 4.39 Å². The van der Waals surface area contributed by atoms with Gasteiger partial charge in [-0.1, -0.05) is 12.1 Å². The van der Waals surface area contributed by atoms with Crippen molar-refractivity contribution in [1.82, 2.24) is 19.7 Å². The van der Waals surface area contributed by atoms with E-state index < -0.39 is 27.1 Å². The van der Waals surface area contributed by atoms with Crippen LogP contribution in [0.2, 0.25) is 0 Å². The Morgan fingerprint density at radius 1 is 1.00 bits per heavy atom. The molecule has 0 aliphatic carbocycles. The van der Waals surface area contributed by atoms with Crippen LogP contribution in [0.25, 0.3) is 10.9 Å². The molecule has 2 saturated heterocycles. The van der Waals surface area contributed by atoms with Crippen LogP contribution in [-0.4, -0.2) is 67.2 Å². The number of rotatable bonds is 9. The van der Waals surface area contributed by atoms with Crippen LogP contribution in [0.3, 0.4) is 0 Å². The molecule has 2 fully saturated rings. The van der Waals surface area contributed by atoms with Crippen LogP contribution < -0.4 is 19.0 Å². The third-order valence-electron chi connectivity index (χ3n) is 7.77. The predicted molar refractivity (Wildman–Crippen MR) is 169 cm³/mol. The minimum atomic E-state index is -4.13. The Kier molecular flexibility index (Phi) is 9.02. The van der Waals surface area contributed by atoms with Gasteiger partial charge in [0.25, 0.3) is 10.0 Å². The van der Waals surface area contributed by atoms with Gasteiger partial charge in [0.2, 0.25) is 11.8 Å². The number of carbonyl (C=O) groups is 2. The number of thioether (sulfide) groups is 1. The SMILES string of the molecule is COc1cc2c(Oc3ccc(S(=O)(=O)NN4C(=O)CSC4c4ccc(F)cc4)cc3)ccnc2cc1OC1CCN(C(C)=O)CC1. The van der Waals surface area contributed by atoms with Gasteiger partial charge in [-0.05, 0) is 54.1 Å². The number of piperidine rings is 1. The molecule has 14 heteroatoms. The average molecular weight is 667 g/mol. The molecule has 2 aliphatic rings. The number of sulfonamides is 1. The summed E-state index contributed by atoms with van der Waals surface area (Å²) in [5.74, 6) is 1.19. The first-order valence-electron chi connectivity index (χ1n) is 14.5. The highest BCUT2D eigenvalue weighted by Gasteiger charge is 2.36. The van der Waals surface area contributed by atoms with E-state index in [9.17, 15) is 22.4 Å². The molecular formula is C32H31FN4O7S2. The van der Waals surface area contributed by atoms with Gasteiger partial charge in [0, 0.05) is 50.5 Å². The number of hydrogen-bond acceptors (Lipinski definition) is 9. The minimum absolute atomic E-state index is 0.0563. The van der Waals surface area contributed by atoms with Crippen molar-refractivity contribution in [1.29, 1.82) is 0 Å². The minimum Gasteiger partial charge on any atom is -0.493 e. The lowest BCUT2D eigenvalue weighted by molar-refractivity contribution is -0.131. The molecule has 6 rings (SSSR count). The van der Waals surface area contributed by atoms with Gasteiger partial charge in [-0.2, -0.15) is 0 Å². The molecular weight excluding hydrogens is 636 g/mol. The lowest BCUT2D eigenvalue weighted by atomic mass is 10.1. The molecule has 1 atom stereocenters. The van der Waals surface area contributed by atoms with Crippen molar-refractivity contribution in [3.05, 3.63) is 84.3 Å². The molecule has 1 aromatic heterocycles. The third-order valence-corrected chi connectivity index (χ3v) is 10.3. The Bertz CT molecular complexity index is 1870. The number of amides is 2. The number of methoxy groups -OCH3 is 1. The molecule has 4 aromatic rings. The molecule has 0 spiro atoms. The predicted octanol–water partition coefficient (Wildman–Crippen LogP) is 5.03. The van der Waals surface area contributed by atoms with Crippen LogP contribution in [0.5, 0.6) is 23.0 Å². The van der Waals surface area contributed by atoms with Crippen molar-refractivity contribution in [3.8, 4) is 23.0 Å². The number of benzene rings is 3. The first kappa shape index (κ1) is 31.6. The highest BCUT2D eigenvalue weighted by molar-refractivity contribution is 8.00. The summed E-state index contributed by atoms with van der Waals surface area (Å²) in [7, 11) is -2.58. The van der Waals surface area contributed by atoms with E-state index in [1.165, 1.54) is 60.3 Å². The summed E-state index contributed by atoms with van der Waals surface area (Å²) in [6.45, 7) is 2.83. The number of nitrogens with one attached hydrogen (secondary N) is 1. The van der Waals surface area contributed by atoms with Crippen LogP contribution >= 0.6 is 11.8 Å². The lowest BCUT2D eigenvalue weighted by Gasteiger charge is -2.31. The number of nitrogens with zero attached hydrogens (tertiary/aromatic N) is 3. The van der Waals surface area contributed by atoms with Gasteiger partial charge in [0.05, 0.1) is 23.3 Å². The van der Waals surface area contributed by atoms with Gasteiger partial charge in [-0.15, -0.1) is 16.6 Å². The summed E-state index contributed by atoms with van der Waals surface area (Å²) < 4.78 is 57.9. The Morgan fingerprint density at radius 3 is 2.39 bits per heavy atom. The van der Waals surface area contributed by atoms with Crippen molar-refractivity contribution in [2.24, 2.45) is 0 Å². The Morgan fingerprint density at radius 2 is 1.72 bits per heavy atom. The normalized spacial score (nSPS) is 17.4. The first-order chi connectivity index (χ1) is 22.1. The zero-order valence-corrected chi connectivity index (χ0v) is 26.6. The molecule has 0 saturated carbocycles. The van der Waals surface area contributed by atoms with Gasteiger partial charge in [-0.3, -0.25) is 14.6 Å². The zero-order chi connectivity index (χ0) is 32.4. The maximum absolute atomic E-state index is 13.4. The van der Waals surface area contributed by atoms with Crippen LogP contribution in [-0.2, 0) is 19.6 Å². The van der Waals surface area contributed by atoms with Crippen molar-refractivity contribution in [2.45, 2.75) is 36.1 Å². The van der Waals surface area contributed by atoms with Crippen molar-refractivity contribution >= 4 is 44.5 Å². The van der Waals surface area contributed by atoms with Crippen LogP contribution in [0.15, 0.2) is 77.8 Å². The van der Waals surface area contributed by atoms with Gasteiger partial charge in [0.1, 0.15) is 28.8 Å². The molecule has 2 amide bonds. The second kappa shape index (κ2) is 13.1. The van der Waals surface area contributed by atoms with Gasteiger partial charge < -0.3 is 19.1 Å². The lowest BCUT2D eigenvalue weighted by Crippen LogP contribution is -2.44. The number of hydrogen-bond donors (Lipinski definition) is 1. The number of pyridine rings is 1. The first-order valence-corrected chi connectivity index (χ1v) is 17.0. The van der Waals surface area contributed by atoms with E-state index in [1.54, 1.807) is 43.3 Å². The number of likely N-dealkylation sites (tertiary alicyclic amines) is 1. The molecule has 0 bridgehead atoms. The summed E-state index contributed by atoms with van der Waals surface area (Å²) in [6.07, 6.45) is 2.95. The molecule has 240 valence electrons. The van der Waals surface area contributed by atoms with Crippen molar-refractivity contribution in [2.75, 3.05) is 26.0 Å². The molecule has 0 radical (unpaired) electrons. The Balaban J connectivity index is 1.17. The van der Waals surface area contributed by atoms with E-state index in [2.05, 4.69) is 9.82 Å². The van der Waals surface area contributed by atoms with E-state index >= 15 is 0 Å². The molecule has 2 aliphatic heterocycles. The molecule has 11 nitrogen and oxygen atoms in total. The second-order valence-electron chi connectivity index (χ2n) is 10.8. The number of fused-ring (bicyclic) bond motifs is 1. The van der Waals surface area contributed by atoms with Gasteiger partial charge >= 0.3 is 0 Å². The van der Waals surface area contributed by atoms with Gasteiger partial charge in [0.15, 0.2) is 11.5 Å². The summed E-state index contributed by atoms with van der Waals surface area (Å²) >= 11 is 1.24. The highest BCUT2D eigenvalue weighted by atomic mass is 32.2. The van der Waals surface area contributed by atoms with Crippen molar-refractivity contribution in [3.63, 3.8) is 0 Å². The largest absolute Gasteiger partial charge is 0.493 e. The fraction of sp³-hybridized carbons (Fsp3) is 0.281. The second-order valence-corrected chi connectivity index (χ2v) is 13.5. The van der Waals surface area contributed by atoms with E-state index in [0.29, 0.717) is 65.4 Å². The number of aromatic nitrogens is 1. The summed E-state index contributed by atoms with van der Waals surface area (Å²) in [4.78, 5) is 32.8. The fourth-order valence-corrected chi connectivity index (χ4v) is 7.57. The number of hydrazine groups is 1. The third kappa shape index (κ3) is 6.73. The van der Waals surface area contributed by atoms with E-state index in [0.717, 1.165) is 5.01 Å². The molecule has 3 heterocycles. The maximum Gasteiger partial charge on any atom is 0.257 e. The standard InChI is InChI=1S/C32H31FN4O7S2/c1-20(38)36-15-12-24(13-16-36)44-30-18-27-26(17-29(30)42-2)28(11-14-34-27)43-23-7-9-25(10-8-23)46(40,41)35-37-31(39)19-45-32(37)21-3-5-22(33)6-4-21/h3-11,14,17-18,24,32,35H,12-13,15-16,19H2,1-2H3. The fourth-order valence-electron chi connectivity index (χ4n) is 5.33. The van der Waals surface area contributed by atoms with E-state index in [1.807, 2.05) is 0 Å². The highest BCUT2D eigenvalue weighted by Crippen LogP contribution is 2.39. The quantitative estimate of drug-likeness (QED) is 0.262. The summed E-state index contributed by atoms with van der Waals surface area (Å²) in [5, 5.41) is 1.09. The molecule has 1 N–H and O–H groups in total. The summed E-state index contributed by atoms with van der Waals surface area (Å²) in [6, 6.07) is 16.6. The number of ether oxygens (including phenoxy) is 3. The van der Waals surface area contributed by atoms with Crippen LogP contribution in [0, 0.1) is 5.82 Å². The van der Waals surface area contributed by atoms with E-state index in [-0.39, 0.29) is 22.7 Å². The molecule has 46 heavy (non-hydrogen) atoms.